The van der Waals surface area contributed by atoms with Crippen molar-refractivity contribution >= 4 is 28.0 Å². The van der Waals surface area contributed by atoms with Gasteiger partial charge in [-0.05, 0) is 72.4 Å². The number of para-hydroxylation sites is 2. The van der Waals surface area contributed by atoms with E-state index in [0.29, 0.717) is 12.1 Å². The van der Waals surface area contributed by atoms with Gasteiger partial charge in [-0.3, -0.25) is 0 Å². The number of aromatic carboxylic acids is 1. The van der Waals surface area contributed by atoms with Crippen molar-refractivity contribution in [3.63, 3.8) is 0 Å². The topological polar surface area (TPSA) is 72.9 Å². The molecule has 6 rings (SSSR count). The molecule has 44 heavy (non-hydrogen) atoms. The number of carboxylic acid groups (broad SMARTS) is 1. The molecule has 2 heterocycles. The Labute approximate surface area is 259 Å². The highest BCUT2D eigenvalue weighted by Gasteiger charge is 2.18. The molecule has 1 N–H and O–H groups in total. The van der Waals surface area contributed by atoms with Crippen LogP contribution in [0.2, 0.25) is 0 Å². The molecule has 0 aliphatic rings. The van der Waals surface area contributed by atoms with Crippen molar-refractivity contribution in [3.8, 4) is 22.5 Å². The van der Waals surface area contributed by atoms with Gasteiger partial charge in [0.2, 0.25) is 0 Å². The van der Waals surface area contributed by atoms with Crippen LogP contribution in [0.1, 0.15) is 73.3 Å². The van der Waals surface area contributed by atoms with Crippen LogP contribution in [-0.2, 0) is 19.5 Å². The third-order valence-corrected chi connectivity index (χ3v) is 8.51. The Balaban J connectivity index is 1.40. The van der Waals surface area contributed by atoms with Crippen LogP contribution in [-0.4, -0.2) is 30.2 Å². The van der Waals surface area contributed by atoms with Crippen molar-refractivity contribution in [3.05, 3.63) is 107 Å². The summed E-state index contributed by atoms with van der Waals surface area (Å²) < 4.78 is 4.75. The number of fused-ring (bicyclic) bond motifs is 2. The van der Waals surface area contributed by atoms with Crippen molar-refractivity contribution in [2.45, 2.75) is 72.4 Å². The van der Waals surface area contributed by atoms with Gasteiger partial charge in [-0.1, -0.05) is 87.7 Å². The molecule has 0 radical (unpaired) electrons. The molecule has 0 amide bonds. The molecule has 0 unspecified atom stereocenters. The Morgan fingerprint density at radius 1 is 0.773 bits per heavy atom. The van der Waals surface area contributed by atoms with E-state index in [-0.39, 0.29) is 0 Å². The molecule has 0 atom stereocenters. The SMILES string of the molecule is CCCCCCn1c(-c2cc(C)c3nc(CCC)n(Cc4ccc(-c5ccccc5C(=O)O)cc4)c3c2)nc2ccccc21. The Hall–Kier alpha value is -4.71. The highest BCUT2D eigenvalue weighted by Crippen LogP contribution is 2.32. The van der Waals surface area contributed by atoms with Gasteiger partial charge in [0, 0.05) is 25.1 Å². The zero-order chi connectivity index (χ0) is 30.6. The van der Waals surface area contributed by atoms with Crippen LogP contribution in [0.25, 0.3) is 44.6 Å². The quantitative estimate of drug-likeness (QED) is 0.146. The number of rotatable bonds is 12. The van der Waals surface area contributed by atoms with E-state index in [2.05, 4.69) is 78.4 Å². The fraction of sp³-hybridized carbons (Fsp3) is 0.289. The summed E-state index contributed by atoms with van der Waals surface area (Å²) in [5.74, 6) is 1.18. The fourth-order valence-corrected chi connectivity index (χ4v) is 6.27. The summed E-state index contributed by atoms with van der Waals surface area (Å²) in [6.07, 6.45) is 6.72. The van der Waals surface area contributed by atoms with Crippen LogP contribution in [0.3, 0.4) is 0 Å². The smallest absolute Gasteiger partial charge is 0.336 e. The molecule has 4 aromatic carbocycles. The number of hydrogen-bond donors (Lipinski definition) is 1. The Morgan fingerprint density at radius 3 is 2.32 bits per heavy atom. The minimum atomic E-state index is -0.917. The number of carbonyl (C=O) groups is 1. The van der Waals surface area contributed by atoms with Crippen LogP contribution in [0.5, 0.6) is 0 Å². The minimum Gasteiger partial charge on any atom is -0.478 e. The van der Waals surface area contributed by atoms with Crippen molar-refractivity contribution < 1.29 is 9.90 Å². The van der Waals surface area contributed by atoms with Gasteiger partial charge in [0.05, 0.1) is 27.6 Å². The molecule has 224 valence electrons. The van der Waals surface area contributed by atoms with Crippen LogP contribution in [0.4, 0.5) is 0 Å². The van der Waals surface area contributed by atoms with E-state index in [1.165, 1.54) is 24.8 Å². The Morgan fingerprint density at radius 2 is 1.55 bits per heavy atom. The number of carboxylic acids is 1. The van der Waals surface area contributed by atoms with Gasteiger partial charge in [-0.2, -0.15) is 0 Å². The second-order valence-electron chi connectivity index (χ2n) is 11.7. The minimum absolute atomic E-state index is 0.311. The molecule has 2 aromatic heterocycles. The van der Waals surface area contributed by atoms with Crippen LogP contribution < -0.4 is 0 Å². The van der Waals surface area contributed by atoms with Crippen molar-refractivity contribution in [1.82, 2.24) is 19.1 Å². The standard InChI is InChI=1S/C38H40N4O2/c1-4-6-7-12-22-41-33-17-11-10-16-32(33)39-37(41)29-23-26(3)36-34(24-29)42(35(40-36)13-5-2)25-27-18-20-28(21-19-27)30-14-8-9-15-31(30)38(43)44/h8-11,14-21,23-24H,4-7,12-13,22,25H2,1-3H3,(H,43,44). The van der Waals surface area contributed by atoms with Gasteiger partial charge in [0.1, 0.15) is 11.6 Å². The molecule has 0 aliphatic carbocycles. The molecule has 0 saturated heterocycles. The lowest BCUT2D eigenvalue weighted by Crippen LogP contribution is -2.06. The first-order chi connectivity index (χ1) is 21.5. The summed E-state index contributed by atoms with van der Waals surface area (Å²) in [4.78, 5) is 22.1. The van der Waals surface area contributed by atoms with Crippen molar-refractivity contribution in [2.24, 2.45) is 0 Å². The lowest BCUT2D eigenvalue weighted by atomic mass is 9.98. The van der Waals surface area contributed by atoms with Crippen LogP contribution in [0.15, 0.2) is 84.9 Å². The van der Waals surface area contributed by atoms with Gasteiger partial charge >= 0.3 is 5.97 Å². The first-order valence-electron chi connectivity index (χ1n) is 15.9. The average Bonchev–Trinajstić information content (AvgIpc) is 3.58. The maximum Gasteiger partial charge on any atom is 0.336 e. The van der Waals surface area contributed by atoms with Gasteiger partial charge in [0.15, 0.2) is 0 Å². The van der Waals surface area contributed by atoms with E-state index in [9.17, 15) is 9.90 Å². The van der Waals surface area contributed by atoms with Gasteiger partial charge in [-0.25, -0.2) is 14.8 Å². The number of aryl methyl sites for hydroxylation is 3. The van der Waals surface area contributed by atoms with E-state index in [4.69, 9.17) is 9.97 Å². The maximum absolute atomic E-state index is 11.8. The molecule has 0 spiro atoms. The number of benzene rings is 4. The lowest BCUT2D eigenvalue weighted by molar-refractivity contribution is 0.0697. The summed E-state index contributed by atoms with van der Waals surface area (Å²) >= 11 is 0. The molecule has 6 heteroatoms. The van der Waals surface area contributed by atoms with Crippen molar-refractivity contribution in [2.75, 3.05) is 0 Å². The number of nitrogens with zero attached hydrogens (tertiary/aromatic N) is 4. The van der Waals surface area contributed by atoms with Crippen LogP contribution >= 0.6 is 0 Å². The van der Waals surface area contributed by atoms with E-state index in [1.54, 1.807) is 12.1 Å². The first-order valence-corrected chi connectivity index (χ1v) is 15.9. The largest absolute Gasteiger partial charge is 0.478 e. The molecule has 0 aliphatic heterocycles. The Bertz CT molecular complexity index is 1930. The van der Waals surface area contributed by atoms with E-state index in [1.807, 2.05) is 24.3 Å². The lowest BCUT2D eigenvalue weighted by Gasteiger charge is -2.13. The average molecular weight is 585 g/mol. The first kappa shape index (κ1) is 29.4. The zero-order valence-corrected chi connectivity index (χ0v) is 25.9. The summed E-state index contributed by atoms with van der Waals surface area (Å²) in [5, 5.41) is 9.67. The highest BCUT2D eigenvalue weighted by molar-refractivity contribution is 5.96. The normalized spacial score (nSPS) is 11.5. The molecule has 0 bridgehead atoms. The third kappa shape index (κ3) is 5.77. The molecule has 0 fully saturated rings. The number of aromatic nitrogens is 4. The molecular weight excluding hydrogens is 544 g/mol. The number of hydrogen-bond acceptors (Lipinski definition) is 3. The molecule has 6 aromatic rings. The van der Waals surface area contributed by atoms with Gasteiger partial charge in [0.25, 0.3) is 0 Å². The zero-order valence-electron chi connectivity index (χ0n) is 25.9. The predicted octanol–water partition coefficient (Wildman–Crippen LogP) is 9.31. The number of imidazole rings is 2. The summed E-state index contributed by atoms with van der Waals surface area (Å²) in [5.41, 5.74) is 9.71. The molecule has 0 saturated carbocycles. The van der Waals surface area contributed by atoms with E-state index in [0.717, 1.165) is 81.8 Å². The van der Waals surface area contributed by atoms with E-state index >= 15 is 0 Å². The summed E-state index contributed by atoms with van der Waals surface area (Å²) in [6.45, 7) is 8.23. The predicted molar refractivity (Wildman–Crippen MR) is 179 cm³/mol. The molecule has 6 nitrogen and oxygen atoms in total. The van der Waals surface area contributed by atoms with Crippen LogP contribution in [0, 0.1) is 6.92 Å². The van der Waals surface area contributed by atoms with Gasteiger partial charge in [-0.15, -0.1) is 0 Å². The Kier molecular flexibility index (Phi) is 8.60. The molecular formula is C38H40N4O2. The summed E-state index contributed by atoms with van der Waals surface area (Å²) in [6, 6.07) is 28.4. The second kappa shape index (κ2) is 12.9. The van der Waals surface area contributed by atoms with E-state index < -0.39 is 5.97 Å². The maximum atomic E-state index is 11.8. The third-order valence-electron chi connectivity index (χ3n) is 8.51. The summed E-state index contributed by atoms with van der Waals surface area (Å²) in [7, 11) is 0. The fourth-order valence-electron chi connectivity index (χ4n) is 6.27. The number of unbranched alkanes of at least 4 members (excludes halogenated alkanes) is 3. The van der Waals surface area contributed by atoms with Crippen molar-refractivity contribution in [1.29, 1.82) is 0 Å². The highest BCUT2D eigenvalue weighted by atomic mass is 16.4. The second-order valence-corrected chi connectivity index (χ2v) is 11.7. The van der Waals surface area contributed by atoms with Gasteiger partial charge < -0.3 is 14.2 Å². The monoisotopic (exact) mass is 584 g/mol.